The molecule has 2 aromatic heterocycles. The number of aromatic nitrogens is 3. The van der Waals surface area contributed by atoms with E-state index >= 15 is 0 Å². The normalized spacial score (nSPS) is 17.3. The van der Waals surface area contributed by atoms with Crippen molar-refractivity contribution in [3.8, 4) is 17.0 Å². The molecule has 0 spiro atoms. The number of imidazole rings is 1. The maximum Gasteiger partial charge on any atom is 0.325 e. The van der Waals surface area contributed by atoms with Crippen molar-refractivity contribution >= 4 is 32.6 Å². The number of nitrogens with one attached hydrogen (secondary N) is 2. The molecule has 0 aliphatic carbocycles. The summed E-state index contributed by atoms with van der Waals surface area (Å²) in [5, 5.41) is 0.197. The van der Waals surface area contributed by atoms with Gasteiger partial charge in [-0.1, -0.05) is 11.6 Å². The van der Waals surface area contributed by atoms with Crippen molar-refractivity contribution in [2.24, 2.45) is 0 Å². The van der Waals surface area contributed by atoms with E-state index in [0.717, 1.165) is 0 Å². The lowest BCUT2D eigenvalue weighted by atomic mass is 10.1. The zero-order valence-electron chi connectivity index (χ0n) is 14.0. The zero-order chi connectivity index (χ0) is 19.2. The summed E-state index contributed by atoms with van der Waals surface area (Å²) in [7, 11) is -2.98. The Morgan fingerprint density at radius 3 is 2.63 bits per heavy atom. The van der Waals surface area contributed by atoms with Gasteiger partial charge in [-0.2, -0.15) is 0 Å². The lowest BCUT2D eigenvalue weighted by molar-refractivity contribution is 0.189. The molecule has 0 bridgehead atoms. The predicted molar refractivity (Wildman–Crippen MR) is 99.4 cm³/mol. The number of benzene rings is 1. The Labute approximate surface area is 158 Å². The van der Waals surface area contributed by atoms with Gasteiger partial charge in [-0.05, 0) is 31.0 Å². The minimum absolute atomic E-state index is 0.0760. The Morgan fingerprint density at radius 2 is 1.93 bits per heavy atom. The second-order valence-electron chi connectivity index (χ2n) is 6.40. The molecular weight excluding hydrogens is 397 g/mol. The van der Waals surface area contributed by atoms with Gasteiger partial charge >= 0.3 is 5.69 Å². The van der Waals surface area contributed by atoms with E-state index in [2.05, 4.69) is 15.0 Å². The second-order valence-corrected chi connectivity index (χ2v) is 9.12. The lowest BCUT2D eigenvalue weighted by Crippen LogP contribution is -2.30. The molecule has 7 nitrogen and oxygen atoms in total. The fourth-order valence-electron chi connectivity index (χ4n) is 3.07. The van der Waals surface area contributed by atoms with Gasteiger partial charge in [0.25, 0.3) is 0 Å². The monoisotopic (exact) mass is 411 g/mol. The number of rotatable bonds is 3. The van der Waals surface area contributed by atoms with Crippen LogP contribution in [0.2, 0.25) is 5.02 Å². The topological polar surface area (TPSA) is 105 Å². The van der Waals surface area contributed by atoms with Crippen molar-refractivity contribution in [3.63, 3.8) is 0 Å². The summed E-state index contributed by atoms with van der Waals surface area (Å²) in [5.74, 6) is -0.116. The number of hydrogen-bond donors (Lipinski definition) is 2. The number of sulfone groups is 1. The molecule has 0 atom stereocenters. The molecule has 1 aliphatic heterocycles. The van der Waals surface area contributed by atoms with Crippen LogP contribution in [0.5, 0.6) is 5.75 Å². The molecule has 1 fully saturated rings. The molecular formula is C17H15ClFN3O4S. The predicted octanol–water partition coefficient (Wildman–Crippen LogP) is 2.67. The zero-order valence-corrected chi connectivity index (χ0v) is 15.5. The van der Waals surface area contributed by atoms with E-state index in [1.165, 1.54) is 18.2 Å². The molecule has 27 heavy (non-hydrogen) atoms. The fraction of sp³-hybridized carbons (Fsp3) is 0.294. The summed E-state index contributed by atoms with van der Waals surface area (Å²) in [6, 6.07) is 5.81. The molecule has 1 saturated heterocycles. The van der Waals surface area contributed by atoms with E-state index in [-0.39, 0.29) is 39.5 Å². The van der Waals surface area contributed by atoms with E-state index in [0.29, 0.717) is 24.1 Å². The Balaban J connectivity index is 1.60. The highest BCUT2D eigenvalue weighted by Gasteiger charge is 2.25. The van der Waals surface area contributed by atoms with Crippen LogP contribution in [-0.4, -0.2) is 41.0 Å². The molecule has 4 rings (SSSR count). The van der Waals surface area contributed by atoms with E-state index in [9.17, 15) is 17.6 Å². The smallest absolute Gasteiger partial charge is 0.325 e. The van der Waals surface area contributed by atoms with Crippen LogP contribution >= 0.6 is 11.6 Å². The minimum atomic E-state index is -2.98. The highest BCUT2D eigenvalue weighted by molar-refractivity contribution is 7.91. The number of halogens is 2. The summed E-state index contributed by atoms with van der Waals surface area (Å²) in [5.41, 5.74) is 0.656. The first-order chi connectivity index (χ1) is 12.8. The number of fused-ring (bicyclic) bond motifs is 1. The summed E-state index contributed by atoms with van der Waals surface area (Å²) in [6.45, 7) is 0. The highest BCUT2D eigenvalue weighted by Crippen LogP contribution is 2.32. The van der Waals surface area contributed by atoms with Gasteiger partial charge in [0.15, 0.2) is 15.5 Å². The molecule has 3 heterocycles. The van der Waals surface area contributed by atoms with Crippen molar-refractivity contribution in [2.75, 3.05) is 11.5 Å². The van der Waals surface area contributed by atoms with Crippen molar-refractivity contribution in [1.82, 2.24) is 15.0 Å². The quantitative estimate of drug-likeness (QED) is 0.689. The van der Waals surface area contributed by atoms with E-state index in [1.807, 2.05) is 0 Å². The van der Waals surface area contributed by atoms with Gasteiger partial charge in [0.2, 0.25) is 0 Å². The number of aromatic amines is 2. The minimum Gasteiger partial charge on any atom is -0.490 e. The molecule has 0 unspecified atom stereocenters. The van der Waals surface area contributed by atoms with E-state index < -0.39 is 21.3 Å². The van der Waals surface area contributed by atoms with Crippen molar-refractivity contribution in [3.05, 3.63) is 45.6 Å². The number of hydrogen-bond acceptors (Lipinski definition) is 5. The molecule has 0 amide bonds. The maximum atomic E-state index is 14.6. The van der Waals surface area contributed by atoms with Gasteiger partial charge in [0.05, 0.1) is 27.7 Å². The first-order valence-electron chi connectivity index (χ1n) is 8.26. The lowest BCUT2D eigenvalue weighted by Gasteiger charge is -2.23. The van der Waals surface area contributed by atoms with Gasteiger partial charge in [0, 0.05) is 11.6 Å². The number of H-pyrrole nitrogens is 2. The highest BCUT2D eigenvalue weighted by atomic mass is 35.5. The SMILES string of the molecule is O=c1[nH]c2cc(Cl)c(-c3ccc(OC4CCS(=O)(=O)CC4)cc3F)nc2[nH]1. The second kappa shape index (κ2) is 6.65. The third-order valence-corrected chi connectivity index (χ3v) is 6.46. The Bertz CT molecular complexity index is 1170. The van der Waals surface area contributed by atoms with Crippen LogP contribution in [-0.2, 0) is 9.84 Å². The fourth-order valence-corrected chi connectivity index (χ4v) is 4.77. The number of pyridine rings is 1. The van der Waals surface area contributed by atoms with Crippen LogP contribution in [0.15, 0.2) is 29.1 Å². The third kappa shape index (κ3) is 3.70. The average Bonchev–Trinajstić information content (AvgIpc) is 2.95. The van der Waals surface area contributed by atoms with Crippen LogP contribution in [0.3, 0.4) is 0 Å². The van der Waals surface area contributed by atoms with Crippen LogP contribution in [0.1, 0.15) is 12.8 Å². The van der Waals surface area contributed by atoms with Crippen molar-refractivity contribution < 1.29 is 17.5 Å². The van der Waals surface area contributed by atoms with Crippen molar-refractivity contribution in [2.45, 2.75) is 18.9 Å². The number of ether oxygens (including phenoxy) is 1. The van der Waals surface area contributed by atoms with Crippen LogP contribution < -0.4 is 10.4 Å². The van der Waals surface area contributed by atoms with E-state index in [4.69, 9.17) is 16.3 Å². The summed E-state index contributed by atoms with van der Waals surface area (Å²) in [4.78, 5) is 20.6. The number of nitrogens with zero attached hydrogens (tertiary/aromatic N) is 1. The molecule has 3 aromatic rings. The van der Waals surface area contributed by atoms with Gasteiger partial charge in [-0.25, -0.2) is 22.6 Å². The Morgan fingerprint density at radius 1 is 1.19 bits per heavy atom. The molecule has 2 N–H and O–H groups in total. The molecule has 10 heteroatoms. The van der Waals surface area contributed by atoms with Crippen LogP contribution in [0.25, 0.3) is 22.4 Å². The molecule has 1 aromatic carbocycles. The van der Waals surface area contributed by atoms with Crippen LogP contribution in [0, 0.1) is 5.82 Å². The summed E-state index contributed by atoms with van der Waals surface area (Å²) >= 11 is 6.19. The third-order valence-electron chi connectivity index (χ3n) is 4.46. The molecule has 1 aliphatic rings. The largest absolute Gasteiger partial charge is 0.490 e. The molecule has 0 radical (unpaired) electrons. The maximum absolute atomic E-state index is 14.6. The van der Waals surface area contributed by atoms with Gasteiger partial charge in [-0.15, -0.1) is 0 Å². The Kier molecular flexibility index (Phi) is 4.43. The summed E-state index contributed by atoms with van der Waals surface area (Å²) in [6.07, 6.45) is 0.509. The molecule has 142 valence electrons. The van der Waals surface area contributed by atoms with Crippen molar-refractivity contribution in [1.29, 1.82) is 0 Å². The van der Waals surface area contributed by atoms with Gasteiger partial charge < -0.3 is 9.72 Å². The van der Waals surface area contributed by atoms with Gasteiger partial charge in [-0.3, -0.25) is 4.98 Å². The standard InChI is InChI=1S/C17H15ClFN3O4S/c18-12-8-14-16(22-17(23)20-14)21-15(12)11-2-1-10(7-13(11)19)26-9-3-5-27(24,25)6-4-9/h1-2,7-9H,3-6H2,(H2,20,21,22,23). The molecule has 0 saturated carbocycles. The van der Waals surface area contributed by atoms with E-state index in [1.54, 1.807) is 6.07 Å². The first-order valence-corrected chi connectivity index (χ1v) is 10.5. The van der Waals surface area contributed by atoms with Crippen LogP contribution in [0.4, 0.5) is 4.39 Å². The summed E-state index contributed by atoms with van der Waals surface area (Å²) < 4.78 is 43.3. The Hall–Kier alpha value is -2.39. The average molecular weight is 412 g/mol. The van der Waals surface area contributed by atoms with Gasteiger partial charge in [0.1, 0.15) is 17.7 Å². The first kappa shape index (κ1) is 18.0.